The molecule has 2 heterocycles. The molecule has 7 heteroatoms. The number of hydrogen-bond donors (Lipinski definition) is 1. The predicted molar refractivity (Wildman–Crippen MR) is 136 cm³/mol. The van der Waals surface area contributed by atoms with E-state index in [1.54, 1.807) is 36.4 Å². The van der Waals surface area contributed by atoms with E-state index in [0.29, 0.717) is 35.5 Å². The third-order valence-electron chi connectivity index (χ3n) is 7.18. The van der Waals surface area contributed by atoms with E-state index in [2.05, 4.69) is 4.90 Å². The quantitative estimate of drug-likeness (QED) is 0.385. The second kappa shape index (κ2) is 10.2. The summed E-state index contributed by atoms with van der Waals surface area (Å²) in [4.78, 5) is 41.3. The van der Waals surface area contributed by atoms with Crippen molar-refractivity contribution in [2.45, 2.75) is 25.9 Å². The number of rotatable bonds is 8. The number of aliphatic hydroxyl groups excluding tert-OH is 1. The topological polar surface area (TPSA) is 87.2 Å². The lowest BCUT2D eigenvalue weighted by atomic mass is 9.91. The zero-order valence-electron chi connectivity index (χ0n) is 20.4. The third kappa shape index (κ3) is 4.90. The van der Waals surface area contributed by atoms with Crippen LogP contribution in [0.25, 0.3) is 10.8 Å². The molecular weight excluding hydrogens is 456 g/mol. The number of ketones is 1. The van der Waals surface area contributed by atoms with E-state index in [1.807, 2.05) is 24.3 Å². The Morgan fingerprint density at radius 3 is 2.17 bits per heavy atom. The molecule has 2 amide bonds. The summed E-state index contributed by atoms with van der Waals surface area (Å²) in [7, 11) is 0. The normalized spacial score (nSPS) is 17.4. The van der Waals surface area contributed by atoms with E-state index in [0.717, 1.165) is 36.7 Å². The van der Waals surface area contributed by atoms with Crippen LogP contribution in [0, 0.1) is 5.92 Å². The van der Waals surface area contributed by atoms with Gasteiger partial charge in [-0.05, 0) is 80.6 Å². The van der Waals surface area contributed by atoms with Crippen LogP contribution in [0.1, 0.15) is 50.8 Å². The zero-order chi connectivity index (χ0) is 25.2. The standard InChI is InChI=1S/C29H30N2O5/c1-19(32)21-8-10-24(11-9-21)36-18-23(33)17-30-14-12-20(13-15-30)16-31-28(34)25-6-2-4-22-5-3-7-26(27(22)25)29(31)35/h2-11,20,23,33H,12-18H2,1H3. The summed E-state index contributed by atoms with van der Waals surface area (Å²) < 4.78 is 5.67. The van der Waals surface area contributed by atoms with Crippen LogP contribution in [0.4, 0.5) is 0 Å². The van der Waals surface area contributed by atoms with Crippen molar-refractivity contribution in [3.05, 3.63) is 77.4 Å². The van der Waals surface area contributed by atoms with Crippen LogP contribution < -0.4 is 4.74 Å². The minimum atomic E-state index is -0.642. The van der Waals surface area contributed by atoms with Crippen LogP contribution in [-0.2, 0) is 0 Å². The summed E-state index contributed by atoms with van der Waals surface area (Å²) >= 11 is 0. The number of benzene rings is 3. The van der Waals surface area contributed by atoms with Gasteiger partial charge in [-0.3, -0.25) is 19.3 Å². The van der Waals surface area contributed by atoms with Gasteiger partial charge >= 0.3 is 0 Å². The second-order valence-electron chi connectivity index (χ2n) is 9.72. The molecule has 3 aromatic carbocycles. The van der Waals surface area contributed by atoms with E-state index in [4.69, 9.17) is 4.74 Å². The Bertz CT molecular complexity index is 1240. The Hall–Kier alpha value is -3.55. The Morgan fingerprint density at radius 1 is 0.972 bits per heavy atom. The van der Waals surface area contributed by atoms with Crippen LogP contribution in [-0.4, -0.2) is 71.4 Å². The number of aliphatic hydroxyl groups is 1. The first-order valence-electron chi connectivity index (χ1n) is 12.4. The molecule has 1 unspecified atom stereocenters. The number of ether oxygens (including phenoxy) is 1. The van der Waals surface area contributed by atoms with Crippen LogP contribution in [0.3, 0.4) is 0 Å². The van der Waals surface area contributed by atoms with Crippen molar-refractivity contribution in [2.24, 2.45) is 5.92 Å². The first-order chi connectivity index (χ1) is 17.4. The molecule has 36 heavy (non-hydrogen) atoms. The average Bonchev–Trinajstić information content (AvgIpc) is 2.89. The van der Waals surface area contributed by atoms with Crippen molar-refractivity contribution in [2.75, 3.05) is 32.8 Å². The number of nitrogens with zero attached hydrogens (tertiary/aromatic N) is 2. The maximum absolute atomic E-state index is 13.2. The van der Waals surface area contributed by atoms with E-state index >= 15 is 0 Å². The first kappa shape index (κ1) is 24.2. The highest BCUT2D eigenvalue weighted by atomic mass is 16.5. The fourth-order valence-corrected chi connectivity index (χ4v) is 5.19. The number of Topliss-reactive ketones (excluding diaryl/α,β-unsaturated/α-hetero) is 1. The summed E-state index contributed by atoms with van der Waals surface area (Å²) in [5.74, 6) is 0.421. The maximum Gasteiger partial charge on any atom is 0.261 e. The molecule has 2 aliphatic heterocycles. The van der Waals surface area contributed by atoms with Gasteiger partial charge in [0.05, 0.1) is 0 Å². The molecule has 0 spiro atoms. The lowest BCUT2D eigenvalue weighted by Gasteiger charge is -2.36. The van der Waals surface area contributed by atoms with Gasteiger partial charge in [-0.2, -0.15) is 0 Å². The van der Waals surface area contributed by atoms with Gasteiger partial charge < -0.3 is 14.7 Å². The zero-order valence-corrected chi connectivity index (χ0v) is 20.4. The predicted octanol–water partition coefficient (Wildman–Crippen LogP) is 3.79. The Morgan fingerprint density at radius 2 is 1.58 bits per heavy atom. The molecule has 1 N–H and O–H groups in total. The van der Waals surface area contributed by atoms with Crippen molar-refractivity contribution in [1.29, 1.82) is 0 Å². The molecule has 0 aromatic heterocycles. The van der Waals surface area contributed by atoms with Gasteiger partial charge in [-0.15, -0.1) is 0 Å². The lowest BCUT2D eigenvalue weighted by molar-refractivity contribution is 0.0453. The number of likely N-dealkylation sites (tertiary alicyclic amines) is 1. The molecule has 2 aliphatic rings. The van der Waals surface area contributed by atoms with Crippen molar-refractivity contribution < 1.29 is 24.2 Å². The van der Waals surface area contributed by atoms with Crippen molar-refractivity contribution in [1.82, 2.24) is 9.80 Å². The van der Waals surface area contributed by atoms with E-state index in [1.165, 1.54) is 11.8 Å². The smallest absolute Gasteiger partial charge is 0.261 e. The lowest BCUT2D eigenvalue weighted by Crippen LogP contribution is -2.46. The van der Waals surface area contributed by atoms with Crippen molar-refractivity contribution >= 4 is 28.4 Å². The average molecular weight is 487 g/mol. The summed E-state index contributed by atoms with van der Waals surface area (Å²) in [6, 6.07) is 18.1. The first-order valence-corrected chi connectivity index (χ1v) is 12.4. The monoisotopic (exact) mass is 486 g/mol. The van der Waals surface area contributed by atoms with Gasteiger partial charge in [-0.1, -0.05) is 24.3 Å². The van der Waals surface area contributed by atoms with E-state index < -0.39 is 6.10 Å². The number of hydrogen-bond acceptors (Lipinski definition) is 6. The van der Waals surface area contributed by atoms with Crippen molar-refractivity contribution in [3.63, 3.8) is 0 Å². The molecule has 0 aliphatic carbocycles. The van der Waals surface area contributed by atoms with Crippen molar-refractivity contribution in [3.8, 4) is 5.75 Å². The molecule has 1 atom stereocenters. The molecule has 0 bridgehead atoms. The molecule has 7 nitrogen and oxygen atoms in total. The fourth-order valence-electron chi connectivity index (χ4n) is 5.19. The number of carbonyl (C=O) groups excluding carboxylic acids is 3. The third-order valence-corrected chi connectivity index (χ3v) is 7.18. The number of β-amino-alcohol motifs (C(OH)–C–C–N with tert-alkyl or cyclic N) is 1. The Kier molecular flexibility index (Phi) is 6.85. The molecule has 1 fully saturated rings. The number of amides is 2. The van der Waals surface area contributed by atoms with Gasteiger partial charge in [0, 0.05) is 35.2 Å². The van der Waals surface area contributed by atoms with Crippen LogP contribution in [0.5, 0.6) is 5.75 Å². The van der Waals surface area contributed by atoms with Gasteiger partial charge in [0.15, 0.2) is 5.78 Å². The van der Waals surface area contributed by atoms with Crippen LogP contribution >= 0.6 is 0 Å². The van der Waals surface area contributed by atoms with Gasteiger partial charge in [0.25, 0.3) is 11.8 Å². The van der Waals surface area contributed by atoms with E-state index in [-0.39, 0.29) is 30.1 Å². The summed E-state index contributed by atoms with van der Waals surface area (Å²) in [6.07, 6.45) is 1.06. The molecule has 186 valence electrons. The number of piperidine rings is 1. The number of imide groups is 1. The maximum atomic E-state index is 13.2. The van der Waals surface area contributed by atoms with Gasteiger partial charge in [0.2, 0.25) is 0 Å². The minimum Gasteiger partial charge on any atom is -0.491 e. The molecule has 0 saturated carbocycles. The number of carbonyl (C=O) groups is 3. The largest absolute Gasteiger partial charge is 0.491 e. The van der Waals surface area contributed by atoms with Crippen LogP contribution in [0.2, 0.25) is 0 Å². The second-order valence-corrected chi connectivity index (χ2v) is 9.72. The highest BCUT2D eigenvalue weighted by Crippen LogP contribution is 2.31. The minimum absolute atomic E-state index is 0.00110. The van der Waals surface area contributed by atoms with Crippen LogP contribution in [0.15, 0.2) is 60.7 Å². The summed E-state index contributed by atoms with van der Waals surface area (Å²) in [6.45, 7) is 4.17. The Labute approximate surface area is 210 Å². The molecule has 5 rings (SSSR count). The highest BCUT2D eigenvalue weighted by Gasteiger charge is 2.34. The van der Waals surface area contributed by atoms with Gasteiger partial charge in [-0.25, -0.2) is 0 Å². The highest BCUT2D eigenvalue weighted by molar-refractivity contribution is 6.25. The molecule has 1 saturated heterocycles. The van der Waals surface area contributed by atoms with Gasteiger partial charge in [0.1, 0.15) is 18.5 Å². The SMILES string of the molecule is CC(=O)c1ccc(OCC(O)CN2CCC(CN3C(=O)c4cccc5cccc(c45)C3=O)CC2)cc1. The van der Waals surface area contributed by atoms with E-state index in [9.17, 15) is 19.5 Å². The fraction of sp³-hybridized carbons (Fsp3) is 0.345. The molecule has 3 aromatic rings. The summed E-state index contributed by atoms with van der Waals surface area (Å²) in [5, 5.41) is 12.1. The Balaban J connectivity index is 1.12. The molecular formula is C29H30N2O5. The summed E-state index contributed by atoms with van der Waals surface area (Å²) in [5.41, 5.74) is 1.82. The molecule has 0 radical (unpaired) electrons.